The minimum atomic E-state index is 0.803. The molecular formula is C26H18N4. The van der Waals surface area contributed by atoms with Crippen LogP contribution in [0.25, 0.3) is 21.5 Å². The van der Waals surface area contributed by atoms with Gasteiger partial charge in [0, 0.05) is 16.2 Å². The van der Waals surface area contributed by atoms with Gasteiger partial charge in [-0.3, -0.25) is 0 Å². The van der Waals surface area contributed by atoms with Gasteiger partial charge in [0.25, 0.3) is 0 Å². The topological polar surface area (TPSA) is 49.4 Å². The van der Waals surface area contributed by atoms with Crippen LogP contribution >= 0.6 is 0 Å². The highest BCUT2D eigenvalue weighted by Gasteiger charge is 2.06. The molecule has 0 saturated carbocycles. The zero-order chi connectivity index (χ0) is 20.2. The van der Waals surface area contributed by atoms with Crippen molar-refractivity contribution in [3.63, 3.8) is 0 Å². The lowest BCUT2D eigenvalue weighted by Gasteiger charge is -2.05. The summed E-state index contributed by atoms with van der Waals surface area (Å²) in [5.41, 5.74) is 3.28. The molecule has 0 heterocycles. The van der Waals surface area contributed by atoms with Crippen molar-refractivity contribution >= 4 is 44.3 Å². The van der Waals surface area contributed by atoms with Crippen molar-refractivity contribution in [2.75, 3.05) is 0 Å². The molecule has 0 N–H and O–H groups in total. The van der Waals surface area contributed by atoms with Crippen molar-refractivity contribution in [3.05, 3.63) is 109 Å². The molecule has 0 atom stereocenters. The Morgan fingerprint density at radius 1 is 0.333 bits per heavy atom. The standard InChI is InChI=1S/C26H18N4/c1-2-11-20(12-3-1)27-28-25-17-18-26(23-15-7-6-14-22(23)25)30-29-24-16-8-10-19-9-4-5-13-21(19)24/h1-18H. The van der Waals surface area contributed by atoms with Gasteiger partial charge in [-0.05, 0) is 35.7 Å². The molecule has 5 aromatic carbocycles. The van der Waals surface area contributed by atoms with Gasteiger partial charge in [-0.2, -0.15) is 5.11 Å². The molecule has 0 aliphatic rings. The van der Waals surface area contributed by atoms with E-state index in [1.54, 1.807) is 0 Å². The van der Waals surface area contributed by atoms with Crippen LogP contribution in [-0.4, -0.2) is 0 Å². The lowest BCUT2D eigenvalue weighted by molar-refractivity contribution is 1.23. The van der Waals surface area contributed by atoms with E-state index >= 15 is 0 Å². The van der Waals surface area contributed by atoms with E-state index in [9.17, 15) is 0 Å². The second kappa shape index (κ2) is 8.05. The van der Waals surface area contributed by atoms with Gasteiger partial charge in [-0.1, -0.05) is 78.9 Å². The maximum Gasteiger partial charge on any atom is 0.0936 e. The quantitative estimate of drug-likeness (QED) is 0.277. The molecule has 0 aromatic heterocycles. The molecule has 0 bridgehead atoms. The molecule has 0 amide bonds. The predicted molar refractivity (Wildman–Crippen MR) is 123 cm³/mol. The molecule has 0 radical (unpaired) electrons. The molecule has 0 unspecified atom stereocenters. The van der Waals surface area contributed by atoms with Crippen LogP contribution in [0.15, 0.2) is 130 Å². The van der Waals surface area contributed by atoms with Gasteiger partial charge in [0.1, 0.15) is 0 Å². The molecule has 30 heavy (non-hydrogen) atoms. The van der Waals surface area contributed by atoms with Gasteiger partial charge in [-0.15, -0.1) is 15.3 Å². The van der Waals surface area contributed by atoms with E-state index in [-0.39, 0.29) is 0 Å². The van der Waals surface area contributed by atoms with E-state index in [1.165, 1.54) is 0 Å². The van der Waals surface area contributed by atoms with Gasteiger partial charge < -0.3 is 0 Å². The lowest BCUT2D eigenvalue weighted by atomic mass is 10.1. The Balaban J connectivity index is 1.54. The number of nitrogens with zero attached hydrogens (tertiary/aromatic N) is 4. The van der Waals surface area contributed by atoms with Crippen LogP contribution in [0.3, 0.4) is 0 Å². The molecule has 142 valence electrons. The van der Waals surface area contributed by atoms with Crippen LogP contribution < -0.4 is 0 Å². The zero-order valence-electron chi connectivity index (χ0n) is 16.2. The number of hydrogen-bond donors (Lipinski definition) is 0. The third kappa shape index (κ3) is 3.59. The highest BCUT2D eigenvalue weighted by Crippen LogP contribution is 2.35. The highest BCUT2D eigenvalue weighted by molar-refractivity contribution is 6.00. The zero-order valence-corrected chi connectivity index (χ0v) is 16.2. The van der Waals surface area contributed by atoms with Gasteiger partial charge in [-0.25, -0.2) is 0 Å². The number of fused-ring (bicyclic) bond motifs is 2. The first-order valence-electron chi connectivity index (χ1n) is 9.76. The fourth-order valence-corrected chi connectivity index (χ4v) is 3.45. The summed E-state index contributed by atoms with van der Waals surface area (Å²) in [6.45, 7) is 0. The molecule has 0 spiro atoms. The average molecular weight is 386 g/mol. The summed E-state index contributed by atoms with van der Waals surface area (Å²) in [6.07, 6.45) is 0. The van der Waals surface area contributed by atoms with E-state index in [4.69, 9.17) is 0 Å². The Morgan fingerprint density at radius 3 is 1.53 bits per heavy atom. The summed E-state index contributed by atoms with van der Waals surface area (Å²) in [6, 6.07) is 35.9. The van der Waals surface area contributed by atoms with Crippen LogP contribution in [0.1, 0.15) is 0 Å². The van der Waals surface area contributed by atoms with Crippen LogP contribution in [0.5, 0.6) is 0 Å². The molecule has 5 aromatic rings. The summed E-state index contributed by atoms with van der Waals surface area (Å²) in [4.78, 5) is 0. The molecular weight excluding hydrogens is 368 g/mol. The third-order valence-electron chi connectivity index (χ3n) is 4.94. The van der Waals surface area contributed by atoms with Gasteiger partial charge in [0.2, 0.25) is 0 Å². The van der Waals surface area contributed by atoms with E-state index < -0.39 is 0 Å². The lowest BCUT2D eigenvalue weighted by Crippen LogP contribution is -1.76. The number of hydrogen-bond acceptors (Lipinski definition) is 4. The Bertz CT molecular complexity index is 1380. The first kappa shape index (κ1) is 17.9. The van der Waals surface area contributed by atoms with Crippen LogP contribution in [0.2, 0.25) is 0 Å². The summed E-state index contributed by atoms with van der Waals surface area (Å²) in [5, 5.41) is 22.1. The largest absolute Gasteiger partial charge is 0.151 e. The molecule has 4 nitrogen and oxygen atoms in total. The average Bonchev–Trinajstić information content (AvgIpc) is 2.82. The molecule has 0 aliphatic heterocycles. The van der Waals surface area contributed by atoms with Crippen LogP contribution in [-0.2, 0) is 0 Å². The fraction of sp³-hybridized carbons (Fsp3) is 0. The maximum atomic E-state index is 4.57. The van der Waals surface area contributed by atoms with Crippen molar-refractivity contribution in [1.82, 2.24) is 0 Å². The van der Waals surface area contributed by atoms with Crippen molar-refractivity contribution in [1.29, 1.82) is 0 Å². The van der Waals surface area contributed by atoms with E-state index in [0.717, 1.165) is 44.3 Å². The first-order valence-corrected chi connectivity index (χ1v) is 9.76. The van der Waals surface area contributed by atoms with Gasteiger partial charge in [0.05, 0.1) is 22.7 Å². The number of rotatable bonds is 4. The summed E-state index contributed by atoms with van der Waals surface area (Å²) in [7, 11) is 0. The monoisotopic (exact) mass is 386 g/mol. The SMILES string of the molecule is c1ccc(N=Nc2ccc(N=Nc3cccc4ccccc34)c3ccccc23)cc1. The normalized spacial score (nSPS) is 11.7. The Kier molecular flexibility index (Phi) is 4.80. The van der Waals surface area contributed by atoms with E-state index in [2.05, 4.69) is 38.7 Å². The number of azo groups is 2. The maximum absolute atomic E-state index is 4.57. The fourth-order valence-electron chi connectivity index (χ4n) is 3.45. The highest BCUT2D eigenvalue weighted by atomic mass is 15.1. The van der Waals surface area contributed by atoms with Crippen molar-refractivity contribution < 1.29 is 0 Å². The summed E-state index contributed by atoms with van der Waals surface area (Å²) in [5.74, 6) is 0. The number of benzene rings is 5. The predicted octanol–water partition coefficient (Wildman–Crippen LogP) is 8.82. The Morgan fingerprint density at radius 2 is 0.833 bits per heavy atom. The van der Waals surface area contributed by atoms with Gasteiger partial charge >= 0.3 is 0 Å². The molecule has 5 rings (SSSR count). The first-order chi connectivity index (χ1) is 14.9. The minimum absolute atomic E-state index is 0.803. The van der Waals surface area contributed by atoms with Crippen molar-refractivity contribution in [3.8, 4) is 0 Å². The summed E-state index contributed by atoms with van der Waals surface area (Å²) >= 11 is 0. The van der Waals surface area contributed by atoms with Gasteiger partial charge in [0.15, 0.2) is 0 Å². The van der Waals surface area contributed by atoms with Crippen LogP contribution in [0, 0.1) is 0 Å². The third-order valence-corrected chi connectivity index (χ3v) is 4.94. The van der Waals surface area contributed by atoms with Crippen molar-refractivity contribution in [2.24, 2.45) is 20.5 Å². The molecule has 4 heteroatoms. The summed E-state index contributed by atoms with van der Waals surface area (Å²) < 4.78 is 0. The Hall–Kier alpha value is -4.18. The molecule has 0 fully saturated rings. The second-order valence-electron chi connectivity index (χ2n) is 6.88. The van der Waals surface area contributed by atoms with E-state index in [1.807, 2.05) is 91.0 Å². The minimum Gasteiger partial charge on any atom is -0.151 e. The second-order valence-corrected chi connectivity index (χ2v) is 6.88. The molecule has 0 saturated heterocycles. The van der Waals surface area contributed by atoms with Crippen LogP contribution in [0.4, 0.5) is 22.7 Å². The Labute approximate surface area is 174 Å². The van der Waals surface area contributed by atoms with E-state index in [0.29, 0.717) is 0 Å². The molecule has 0 aliphatic carbocycles. The smallest absolute Gasteiger partial charge is 0.0936 e. The van der Waals surface area contributed by atoms with Crippen molar-refractivity contribution in [2.45, 2.75) is 0 Å².